The van der Waals surface area contributed by atoms with Crippen LogP contribution >= 0.6 is 15.9 Å². The van der Waals surface area contributed by atoms with Crippen LogP contribution in [0.5, 0.6) is 0 Å². The van der Waals surface area contributed by atoms with Gasteiger partial charge in [-0.1, -0.05) is 29.8 Å². The van der Waals surface area contributed by atoms with Crippen molar-refractivity contribution in [2.24, 2.45) is 23.2 Å². The largest absolute Gasteiger partial charge is 0.0925 e. The van der Waals surface area contributed by atoms with Gasteiger partial charge in [-0.3, -0.25) is 0 Å². The van der Waals surface area contributed by atoms with Gasteiger partial charge in [-0.15, -0.1) is 0 Å². The SMILES string of the molecule is CC1(C)[C@@H]2CC[C@H](CBr)[C@H]1C2. The third kappa shape index (κ3) is 0.998. The fraction of sp³-hybridized carbons (Fsp3) is 1.00. The molecule has 0 unspecified atom stereocenters. The normalized spacial score (nSPS) is 46.6. The van der Waals surface area contributed by atoms with Crippen molar-refractivity contribution in [3.8, 4) is 0 Å². The average Bonchev–Trinajstić information content (AvgIpc) is 2.04. The van der Waals surface area contributed by atoms with E-state index in [4.69, 9.17) is 0 Å². The van der Waals surface area contributed by atoms with Crippen molar-refractivity contribution in [2.75, 3.05) is 5.33 Å². The molecule has 3 atom stereocenters. The van der Waals surface area contributed by atoms with Gasteiger partial charge in [-0.25, -0.2) is 0 Å². The molecule has 0 aliphatic heterocycles. The van der Waals surface area contributed by atoms with Crippen molar-refractivity contribution in [2.45, 2.75) is 33.1 Å². The maximum atomic E-state index is 3.63. The van der Waals surface area contributed by atoms with E-state index in [1.54, 1.807) is 0 Å². The van der Waals surface area contributed by atoms with Gasteiger partial charge in [0.25, 0.3) is 0 Å². The second-order valence-electron chi connectivity index (χ2n) is 4.85. The number of halogens is 1. The zero-order valence-corrected chi connectivity index (χ0v) is 9.02. The Morgan fingerprint density at radius 1 is 1.36 bits per heavy atom. The number of rotatable bonds is 1. The average molecular weight is 217 g/mol. The smallest absolute Gasteiger partial charge is 0.00625 e. The molecule has 3 aliphatic rings. The van der Waals surface area contributed by atoms with Crippen LogP contribution in [0, 0.1) is 23.2 Å². The zero-order valence-electron chi connectivity index (χ0n) is 7.44. The lowest BCUT2D eigenvalue weighted by molar-refractivity contribution is -0.0970. The summed E-state index contributed by atoms with van der Waals surface area (Å²) in [5.74, 6) is 3.07. The van der Waals surface area contributed by atoms with Crippen LogP contribution in [-0.4, -0.2) is 5.33 Å². The molecule has 11 heavy (non-hydrogen) atoms. The molecule has 0 radical (unpaired) electrons. The van der Waals surface area contributed by atoms with Crippen LogP contribution in [0.15, 0.2) is 0 Å². The molecule has 0 amide bonds. The van der Waals surface area contributed by atoms with E-state index in [0.717, 1.165) is 17.8 Å². The molecule has 0 N–H and O–H groups in total. The highest BCUT2D eigenvalue weighted by Crippen LogP contribution is 2.61. The molecule has 3 aliphatic carbocycles. The molecular weight excluding hydrogens is 200 g/mol. The Morgan fingerprint density at radius 3 is 2.45 bits per heavy atom. The van der Waals surface area contributed by atoms with Crippen molar-refractivity contribution >= 4 is 15.9 Å². The quantitative estimate of drug-likeness (QED) is 0.590. The van der Waals surface area contributed by atoms with E-state index in [1.807, 2.05) is 0 Å². The van der Waals surface area contributed by atoms with E-state index >= 15 is 0 Å². The fourth-order valence-electron chi connectivity index (χ4n) is 3.15. The van der Waals surface area contributed by atoms with E-state index in [-0.39, 0.29) is 0 Å². The van der Waals surface area contributed by atoms with Crippen LogP contribution in [-0.2, 0) is 0 Å². The fourth-order valence-corrected chi connectivity index (χ4v) is 3.92. The van der Waals surface area contributed by atoms with Crippen molar-refractivity contribution in [1.29, 1.82) is 0 Å². The van der Waals surface area contributed by atoms with Crippen LogP contribution in [0.3, 0.4) is 0 Å². The molecular formula is C10H17Br. The third-order valence-electron chi connectivity index (χ3n) is 4.20. The Bertz CT molecular complexity index is 160. The molecule has 3 saturated carbocycles. The van der Waals surface area contributed by atoms with Gasteiger partial charge in [0, 0.05) is 5.33 Å². The minimum Gasteiger partial charge on any atom is -0.0925 e. The summed E-state index contributed by atoms with van der Waals surface area (Å²) in [6.07, 6.45) is 4.48. The lowest BCUT2D eigenvalue weighted by Gasteiger charge is -2.60. The van der Waals surface area contributed by atoms with E-state index in [0.29, 0.717) is 5.41 Å². The van der Waals surface area contributed by atoms with Gasteiger partial charge in [-0.2, -0.15) is 0 Å². The highest BCUT2D eigenvalue weighted by Gasteiger charge is 2.53. The van der Waals surface area contributed by atoms with Gasteiger partial charge < -0.3 is 0 Å². The topological polar surface area (TPSA) is 0 Å². The molecule has 0 spiro atoms. The summed E-state index contributed by atoms with van der Waals surface area (Å²) in [6.45, 7) is 4.92. The van der Waals surface area contributed by atoms with Crippen LogP contribution in [0.2, 0.25) is 0 Å². The Kier molecular flexibility index (Phi) is 1.83. The number of hydrogen-bond donors (Lipinski definition) is 0. The molecule has 64 valence electrons. The van der Waals surface area contributed by atoms with Gasteiger partial charge in [0.05, 0.1) is 0 Å². The summed E-state index contributed by atoms with van der Waals surface area (Å²) in [5, 5.41) is 1.23. The lowest BCUT2D eigenvalue weighted by Crippen LogP contribution is -2.52. The molecule has 0 saturated heterocycles. The predicted octanol–water partition coefficient (Wildman–Crippen LogP) is 3.45. The first-order valence-corrected chi connectivity index (χ1v) is 5.84. The van der Waals surface area contributed by atoms with Crippen molar-refractivity contribution in [1.82, 2.24) is 0 Å². The second kappa shape index (κ2) is 2.48. The van der Waals surface area contributed by atoms with E-state index < -0.39 is 0 Å². The minimum atomic E-state index is 0.677. The molecule has 0 aromatic rings. The van der Waals surface area contributed by atoms with Crippen LogP contribution in [0.25, 0.3) is 0 Å². The molecule has 0 heterocycles. The summed E-state index contributed by atoms with van der Waals surface area (Å²) in [5.41, 5.74) is 0.677. The summed E-state index contributed by atoms with van der Waals surface area (Å²) in [6, 6.07) is 0. The molecule has 3 fully saturated rings. The molecule has 0 aromatic heterocycles. The van der Waals surface area contributed by atoms with Crippen molar-refractivity contribution in [3.05, 3.63) is 0 Å². The van der Waals surface area contributed by atoms with Gasteiger partial charge in [0.1, 0.15) is 0 Å². The number of fused-ring (bicyclic) bond motifs is 2. The van der Waals surface area contributed by atoms with E-state index in [1.165, 1.54) is 24.6 Å². The Hall–Kier alpha value is 0.480. The van der Waals surface area contributed by atoms with Crippen LogP contribution in [0.4, 0.5) is 0 Å². The van der Waals surface area contributed by atoms with E-state index in [9.17, 15) is 0 Å². The van der Waals surface area contributed by atoms with Crippen LogP contribution < -0.4 is 0 Å². The van der Waals surface area contributed by atoms with Gasteiger partial charge in [0.2, 0.25) is 0 Å². The highest BCUT2D eigenvalue weighted by molar-refractivity contribution is 9.09. The minimum absolute atomic E-state index is 0.677. The monoisotopic (exact) mass is 216 g/mol. The molecule has 1 heteroatoms. The van der Waals surface area contributed by atoms with Crippen molar-refractivity contribution < 1.29 is 0 Å². The summed E-state index contributed by atoms with van der Waals surface area (Å²) < 4.78 is 0. The number of alkyl halides is 1. The summed E-state index contributed by atoms with van der Waals surface area (Å²) in [7, 11) is 0. The van der Waals surface area contributed by atoms with Gasteiger partial charge in [-0.05, 0) is 42.4 Å². The standard InChI is InChI=1S/C10H17Br/c1-10(2)8-4-3-7(6-11)9(10)5-8/h7-9H,3-6H2,1-2H3/t7-,8-,9-/m1/s1. The first-order valence-electron chi connectivity index (χ1n) is 4.72. The van der Waals surface area contributed by atoms with Crippen molar-refractivity contribution in [3.63, 3.8) is 0 Å². The third-order valence-corrected chi connectivity index (χ3v) is 5.03. The molecule has 0 nitrogen and oxygen atoms in total. The first-order chi connectivity index (χ1) is 5.16. The molecule has 2 bridgehead atoms. The maximum absolute atomic E-state index is 3.63. The van der Waals surface area contributed by atoms with Gasteiger partial charge >= 0.3 is 0 Å². The highest BCUT2D eigenvalue weighted by atomic mass is 79.9. The molecule has 0 aromatic carbocycles. The Balaban J connectivity index is 2.10. The second-order valence-corrected chi connectivity index (χ2v) is 5.50. The lowest BCUT2D eigenvalue weighted by atomic mass is 9.46. The van der Waals surface area contributed by atoms with E-state index in [2.05, 4.69) is 29.8 Å². The summed E-state index contributed by atoms with van der Waals surface area (Å²) >= 11 is 3.63. The Morgan fingerprint density at radius 2 is 2.09 bits per heavy atom. The number of hydrogen-bond acceptors (Lipinski definition) is 0. The predicted molar refractivity (Wildman–Crippen MR) is 51.9 cm³/mol. The van der Waals surface area contributed by atoms with Crippen LogP contribution in [0.1, 0.15) is 33.1 Å². The maximum Gasteiger partial charge on any atom is 0.00625 e. The van der Waals surface area contributed by atoms with Gasteiger partial charge in [0.15, 0.2) is 0 Å². The zero-order chi connectivity index (χ0) is 8.06. The molecule has 3 rings (SSSR count). The summed E-state index contributed by atoms with van der Waals surface area (Å²) in [4.78, 5) is 0. The first kappa shape index (κ1) is 8.10. The Labute approximate surface area is 77.9 Å².